The van der Waals surface area contributed by atoms with E-state index in [1.165, 1.54) is 18.0 Å². The van der Waals surface area contributed by atoms with Crippen LogP contribution in [0.4, 0.5) is 0 Å². The van der Waals surface area contributed by atoms with Crippen LogP contribution in [-0.2, 0) is 4.79 Å². The molecule has 0 radical (unpaired) electrons. The minimum absolute atomic E-state index is 0. The van der Waals surface area contributed by atoms with Gasteiger partial charge >= 0.3 is 0 Å². The number of carbonyl (C=O) groups is 1. The second-order valence-corrected chi connectivity index (χ2v) is 3.56. The minimum Gasteiger partial charge on any atom is -0.280 e. The first-order valence-electron chi connectivity index (χ1n) is 3.65. The van der Waals surface area contributed by atoms with Gasteiger partial charge in [0.1, 0.15) is 5.37 Å². The highest BCUT2D eigenvalue weighted by atomic mass is 79.9. The van der Waals surface area contributed by atoms with Crippen LogP contribution in [0.25, 0.3) is 0 Å². The molecule has 0 spiro atoms. The van der Waals surface area contributed by atoms with Crippen LogP contribution in [0.5, 0.6) is 0 Å². The van der Waals surface area contributed by atoms with Gasteiger partial charge in [0.25, 0.3) is 0 Å². The molecular formula is C9H8BrNOS. The number of thioether (sulfide) groups is 1. The third-order valence-electron chi connectivity index (χ3n) is 1.63. The molecule has 68 valence electrons. The summed E-state index contributed by atoms with van der Waals surface area (Å²) >= 11 is 1.26. The van der Waals surface area contributed by atoms with Crippen LogP contribution in [0.3, 0.4) is 0 Å². The summed E-state index contributed by atoms with van der Waals surface area (Å²) in [6.07, 6.45) is 1.39. The molecular weight excluding hydrogens is 250 g/mol. The molecule has 0 amide bonds. The first-order valence-corrected chi connectivity index (χ1v) is 4.53. The molecule has 1 aromatic carbocycles. The van der Waals surface area contributed by atoms with E-state index in [-0.39, 0.29) is 27.5 Å². The average Bonchev–Trinajstić information content (AvgIpc) is 2.54. The lowest BCUT2D eigenvalue weighted by Crippen LogP contribution is -1.86. The molecule has 13 heavy (non-hydrogen) atoms. The Labute approximate surface area is 91.2 Å². The number of rotatable bonds is 1. The zero-order valence-electron chi connectivity index (χ0n) is 6.71. The van der Waals surface area contributed by atoms with Gasteiger partial charge in [-0.25, -0.2) is 0 Å². The maximum Gasteiger partial charge on any atom is 0.232 e. The monoisotopic (exact) mass is 257 g/mol. The van der Waals surface area contributed by atoms with Gasteiger partial charge in [0, 0.05) is 0 Å². The lowest BCUT2D eigenvalue weighted by molar-refractivity contribution is -0.105. The molecule has 2 nitrogen and oxygen atoms in total. The summed E-state index contributed by atoms with van der Waals surface area (Å²) in [4.78, 5) is 14.9. The van der Waals surface area contributed by atoms with E-state index in [0.717, 1.165) is 5.56 Å². The van der Waals surface area contributed by atoms with Gasteiger partial charge in [-0.3, -0.25) is 9.79 Å². The summed E-state index contributed by atoms with van der Waals surface area (Å²) in [5.41, 5.74) is 1.09. The molecule has 0 saturated heterocycles. The molecule has 4 heteroatoms. The van der Waals surface area contributed by atoms with Crippen LogP contribution in [0.1, 0.15) is 10.9 Å². The highest BCUT2D eigenvalue weighted by Gasteiger charge is 2.19. The number of nitrogens with zero attached hydrogens (tertiary/aromatic N) is 1. The standard InChI is InChI=1S/C9H7NOS.BrH/c11-8-6-10-9(12-8)7-4-2-1-3-5-7;/h1-6,9H;1H. The predicted octanol–water partition coefficient (Wildman–Crippen LogP) is 2.61. The number of carbonyl (C=O) groups excluding carboxylic acids is 1. The largest absolute Gasteiger partial charge is 0.280 e. The summed E-state index contributed by atoms with van der Waals surface area (Å²) in [5, 5.41) is 0.0301. The number of hydrogen-bond acceptors (Lipinski definition) is 3. The van der Waals surface area contributed by atoms with E-state index in [1.807, 2.05) is 30.3 Å². The fourth-order valence-electron chi connectivity index (χ4n) is 1.07. The van der Waals surface area contributed by atoms with Crippen molar-refractivity contribution in [2.75, 3.05) is 0 Å². The summed E-state index contributed by atoms with van der Waals surface area (Å²) in [6, 6.07) is 9.82. The molecule has 0 fully saturated rings. The number of hydrogen-bond donors (Lipinski definition) is 0. The van der Waals surface area contributed by atoms with Gasteiger partial charge in [-0.05, 0) is 5.56 Å². The Hall–Kier alpha value is -0.610. The topological polar surface area (TPSA) is 29.4 Å². The Morgan fingerprint density at radius 3 is 2.46 bits per heavy atom. The van der Waals surface area contributed by atoms with Crippen molar-refractivity contribution < 1.29 is 4.79 Å². The summed E-state index contributed by atoms with van der Waals surface area (Å²) in [5.74, 6) is 0. The third-order valence-corrected chi connectivity index (χ3v) is 2.58. The van der Waals surface area contributed by atoms with Gasteiger partial charge in [-0.2, -0.15) is 0 Å². The van der Waals surface area contributed by atoms with E-state index in [4.69, 9.17) is 0 Å². The first-order chi connectivity index (χ1) is 5.86. The molecule has 0 bridgehead atoms. The molecule has 0 aliphatic carbocycles. The van der Waals surface area contributed by atoms with Crippen molar-refractivity contribution in [2.45, 2.75) is 5.37 Å². The quantitative estimate of drug-likeness (QED) is 0.774. The van der Waals surface area contributed by atoms with Gasteiger partial charge in [0.05, 0.1) is 6.21 Å². The van der Waals surface area contributed by atoms with Crippen LogP contribution in [0.2, 0.25) is 0 Å². The smallest absolute Gasteiger partial charge is 0.232 e. The molecule has 2 rings (SSSR count). The van der Waals surface area contributed by atoms with Gasteiger partial charge in [0.2, 0.25) is 5.12 Å². The van der Waals surface area contributed by atoms with Crippen molar-refractivity contribution in [3.05, 3.63) is 35.9 Å². The maximum atomic E-state index is 10.8. The van der Waals surface area contributed by atoms with Crippen LogP contribution >= 0.6 is 28.7 Å². The number of aliphatic imine (C=N–C) groups is 1. The molecule has 1 unspecified atom stereocenters. The normalized spacial score (nSPS) is 20.0. The van der Waals surface area contributed by atoms with E-state index >= 15 is 0 Å². The average molecular weight is 258 g/mol. The van der Waals surface area contributed by atoms with Crippen LogP contribution in [0, 0.1) is 0 Å². The van der Waals surface area contributed by atoms with E-state index in [1.54, 1.807) is 0 Å². The van der Waals surface area contributed by atoms with Crippen molar-refractivity contribution in [3.63, 3.8) is 0 Å². The summed E-state index contributed by atoms with van der Waals surface area (Å²) < 4.78 is 0. The van der Waals surface area contributed by atoms with Gasteiger partial charge in [0.15, 0.2) is 0 Å². The van der Waals surface area contributed by atoms with Gasteiger partial charge in [-0.1, -0.05) is 42.1 Å². The lowest BCUT2D eigenvalue weighted by Gasteiger charge is -2.03. The highest BCUT2D eigenvalue weighted by Crippen LogP contribution is 2.33. The Morgan fingerprint density at radius 1 is 1.23 bits per heavy atom. The Bertz CT molecular complexity index is 326. The van der Waals surface area contributed by atoms with Crippen molar-refractivity contribution in [1.82, 2.24) is 0 Å². The number of benzene rings is 1. The maximum absolute atomic E-state index is 10.8. The predicted molar refractivity (Wildman–Crippen MR) is 60.6 cm³/mol. The van der Waals surface area contributed by atoms with Gasteiger partial charge < -0.3 is 0 Å². The molecule has 1 atom stereocenters. The Kier molecular flexibility index (Phi) is 3.69. The van der Waals surface area contributed by atoms with E-state index in [2.05, 4.69) is 4.99 Å². The second-order valence-electron chi connectivity index (χ2n) is 2.48. The highest BCUT2D eigenvalue weighted by molar-refractivity contribution is 8.93. The second kappa shape index (κ2) is 4.58. The summed E-state index contributed by atoms with van der Waals surface area (Å²) in [6.45, 7) is 0. The molecule has 0 saturated carbocycles. The summed E-state index contributed by atoms with van der Waals surface area (Å²) in [7, 11) is 0. The molecule has 1 aliphatic heterocycles. The minimum atomic E-state index is -0.0151. The zero-order chi connectivity index (χ0) is 8.39. The van der Waals surface area contributed by atoms with Crippen molar-refractivity contribution in [1.29, 1.82) is 0 Å². The zero-order valence-corrected chi connectivity index (χ0v) is 9.24. The van der Waals surface area contributed by atoms with Crippen LogP contribution in [0.15, 0.2) is 35.3 Å². The Morgan fingerprint density at radius 2 is 1.92 bits per heavy atom. The molecule has 1 aromatic rings. The van der Waals surface area contributed by atoms with Gasteiger partial charge in [-0.15, -0.1) is 17.0 Å². The fraction of sp³-hybridized carbons (Fsp3) is 0.111. The van der Waals surface area contributed by atoms with Crippen molar-refractivity contribution in [2.24, 2.45) is 4.99 Å². The van der Waals surface area contributed by atoms with E-state index in [0.29, 0.717) is 0 Å². The lowest BCUT2D eigenvalue weighted by atomic mass is 10.2. The van der Waals surface area contributed by atoms with Crippen molar-refractivity contribution in [3.8, 4) is 0 Å². The van der Waals surface area contributed by atoms with Crippen LogP contribution in [-0.4, -0.2) is 11.3 Å². The molecule has 0 N–H and O–H groups in total. The molecule has 0 aromatic heterocycles. The van der Waals surface area contributed by atoms with E-state index in [9.17, 15) is 4.79 Å². The molecule has 1 aliphatic rings. The third kappa shape index (κ3) is 2.42. The van der Waals surface area contributed by atoms with Crippen LogP contribution < -0.4 is 0 Å². The number of halogens is 1. The molecule has 1 heterocycles. The van der Waals surface area contributed by atoms with E-state index < -0.39 is 0 Å². The first kappa shape index (κ1) is 10.5. The Balaban J connectivity index is 0.000000845. The fourth-order valence-corrected chi connectivity index (χ4v) is 1.83. The van der Waals surface area contributed by atoms with Crippen molar-refractivity contribution >= 4 is 40.1 Å². The SMILES string of the molecule is Br.O=C1C=NC(c2ccccc2)S1.